The van der Waals surface area contributed by atoms with Crippen LogP contribution in [0.5, 0.6) is 5.75 Å². The molecule has 2 unspecified atom stereocenters. The summed E-state index contributed by atoms with van der Waals surface area (Å²) in [5.74, 6) is 0.237. The number of nitrogens with zero attached hydrogens (tertiary/aromatic N) is 1. The maximum absolute atomic E-state index is 13.6. The van der Waals surface area contributed by atoms with E-state index in [1.54, 1.807) is 6.07 Å². The van der Waals surface area contributed by atoms with Crippen LogP contribution in [0.1, 0.15) is 18.5 Å². The van der Waals surface area contributed by atoms with Crippen molar-refractivity contribution in [2.24, 2.45) is 5.92 Å². The molecule has 0 bridgehead atoms. The molecule has 0 aromatic heterocycles. The average Bonchev–Trinajstić information content (AvgIpc) is 2.66. The van der Waals surface area contributed by atoms with E-state index >= 15 is 0 Å². The van der Waals surface area contributed by atoms with Crippen molar-refractivity contribution in [2.75, 3.05) is 26.2 Å². The lowest BCUT2D eigenvalue weighted by Crippen LogP contribution is -2.50. The molecule has 3 rings (SSSR count). The Morgan fingerprint density at radius 1 is 1.28 bits per heavy atom. The summed E-state index contributed by atoms with van der Waals surface area (Å²) in [7, 11) is 0. The second-order valence-electron chi connectivity index (χ2n) is 6.33. The van der Waals surface area contributed by atoms with Gasteiger partial charge in [0.05, 0.1) is 18.6 Å². The first kappa shape index (κ1) is 17.4. The first-order valence-corrected chi connectivity index (χ1v) is 8.59. The van der Waals surface area contributed by atoms with Crippen LogP contribution in [0.3, 0.4) is 0 Å². The number of hydrogen-bond acceptors (Lipinski definition) is 3. The lowest BCUT2D eigenvalue weighted by molar-refractivity contribution is -0.139. The SMILES string of the molecule is CC(COc1ccccc1)C(=O)N1CCNCC1c1cccc(F)c1. The molecule has 0 radical (unpaired) electrons. The molecule has 2 aromatic carbocycles. The molecule has 1 aliphatic rings. The first-order valence-electron chi connectivity index (χ1n) is 8.59. The Morgan fingerprint density at radius 3 is 2.84 bits per heavy atom. The topological polar surface area (TPSA) is 41.6 Å². The minimum atomic E-state index is -0.282. The zero-order chi connectivity index (χ0) is 17.6. The number of amides is 1. The summed E-state index contributed by atoms with van der Waals surface area (Å²) in [5, 5.41) is 3.29. The minimum absolute atomic E-state index is 0.0340. The Morgan fingerprint density at radius 2 is 2.08 bits per heavy atom. The third-order valence-electron chi connectivity index (χ3n) is 4.42. The first-order chi connectivity index (χ1) is 12.1. The number of nitrogens with one attached hydrogen (secondary N) is 1. The maximum Gasteiger partial charge on any atom is 0.229 e. The smallest absolute Gasteiger partial charge is 0.229 e. The predicted molar refractivity (Wildman–Crippen MR) is 94.8 cm³/mol. The van der Waals surface area contributed by atoms with Crippen molar-refractivity contribution in [1.29, 1.82) is 0 Å². The van der Waals surface area contributed by atoms with E-state index in [9.17, 15) is 9.18 Å². The van der Waals surface area contributed by atoms with Gasteiger partial charge in [-0.1, -0.05) is 37.3 Å². The number of ether oxygens (including phenoxy) is 1. The molecule has 0 saturated carbocycles. The fourth-order valence-corrected chi connectivity index (χ4v) is 3.07. The third kappa shape index (κ3) is 4.37. The highest BCUT2D eigenvalue weighted by Crippen LogP contribution is 2.25. The van der Waals surface area contributed by atoms with Crippen molar-refractivity contribution in [2.45, 2.75) is 13.0 Å². The molecule has 1 N–H and O–H groups in total. The van der Waals surface area contributed by atoms with Crippen LogP contribution in [0.15, 0.2) is 54.6 Å². The molecular weight excluding hydrogens is 319 g/mol. The van der Waals surface area contributed by atoms with Gasteiger partial charge in [0, 0.05) is 19.6 Å². The summed E-state index contributed by atoms with van der Waals surface area (Å²) in [6.45, 7) is 4.17. The molecule has 4 nitrogen and oxygen atoms in total. The van der Waals surface area contributed by atoms with Gasteiger partial charge in [-0.2, -0.15) is 0 Å². The van der Waals surface area contributed by atoms with E-state index in [-0.39, 0.29) is 23.7 Å². The predicted octanol–water partition coefficient (Wildman–Crippen LogP) is 3.01. The van der Waals surface area contributed by atoms with Gasteiger partial charge >= 0.3 is 0 Å². The van der Waals surface area contributed by atoms with E-state index < -0.39 is 0 Å². The highest BCUT2D eigenvalue weighted by Gasteiger charge is 2.31. The Bertz CT molecular complexity index is 708. The molecular formula is C20H23FN2O2. The molecule has 0 aliphatic carbocycles. The Labute approximate surface area is 147 Å². The third-order valence-corrected chi connectivity index (χ3v) is 4.42. The second-order valence-corrected chi connectivity index (χ2v) is 6.33. The number of rotatable bonds is 5. The number of carbonyl (C=O) groups is 1. The molecule has 0 spiro atoms. The van der Waals surface area contributed by atoms with Crippen LogP contribution in [-0.4, -0.2) is 37.0 Å². The van der Waals surface area contributed by atoms with Crippen LogP contribution in [0, 0.1) is 11.7 Å². The van der Waals surface area contributed by atoms with E-state index in [0.29, 0.717) is 19.7 Å². The lowest BCUT2D eigenvalue weighted by Gasteiger charge is -2.38. The van der Waals surface area contributed by atoms with Gasteiger partial charge in [0.15, 0.2) is 0 Å². The van der Waals surface area contributed by atoms with Crippen LogP contribution >= 0.6 is 0 Å². The van der Waals surface area contributed by atoms with Crippen molar-refractivity contribution in [3.05, 3.63) is 66.0 Å². The number of benzene rings is 2. The van der Waals surface area contributed by atoms with Gasteiger partial charge in [-0.15, -0.1) is 0 Å². The highest BCUT2D eigenvalue weighted by atomic mass is 19.1. The fraction of sp³-hybridized carbons (Fsp3) is 0.350. The van der Waals surface area contributed by atoms with Crippen LogP contribution in [-0.2, 0) is 4.79 Å². The van der Waals surface area contributed by atoms with E-state index in [1.807, 2.05) is 48.2 Å². The van der Waals surface area contributed by atoms with Crippen molar-refractivity contribution < 1.29 is 13.9 Å². The molecule has 2 atom stereocenters. The summed E-state index contributed by atoms with van der Waals surface area (Å²) < 4.78 is 19.3. The Hall–Kier alpha value is -2.40. The maximum atomic E-state index is 13.6. The summed E-state index contributed by atoms with van der Waals surface area (Å²) in [6.07, 6.45) is 0. The highest BCUT2D eigenvalue weighted by molar-refractivity contribution is 5.79. The van der Waals surface area contributed by atoms with Gasteiger partial charge in [0.1, 0.15) is 11.6 Å². The standard InChI is InChI=1S/C20H23FN2O2/c1-15(14-25-18-8-3-2-4-9-18)20(24)23-11-10-22-13-19(23)16-6-5-7-17(21)12-16/h2-9,12,15,19,22H,10-11,13-14H2,1H3. The molecule has 1 fully saturated rings. The zero-order valence-corrected chi connectivity index (χ0v) is 14.3. The number of carbonyl (C=O) groups excluding carboxylic acids is 1. The number of para-hydroxylation sites is 1. The molecule has 132 valence electrons. The molecule has 1 heterocycles. The van der Waals surface area contributed by atoms with E-state index in [0.717, 1.165) is 17.9 Å². The summed E-state index contributed by atoms with van der Waals surface area (Å²) in [4.78, 5) is 14.7. The Balaban J connectivity index is 1.67. The fourth-order valence-electron chi connectivity index (χ4n) is 3.07. The van der Waals surface area contributed by atoms with Gasteiger partial charge in [-0.3, -0.25) is 4.79 Å². The normalized spacial score (nSPS) is 18.6. The minimum Gasteiger partial charge on any atom is -0.493 e. The van der Waals surface area contributed by atoms with E-state index in [4.69, 9.17) is 4.74 Å². The Kier molecular flexibility index (Phi) is 5.66. The number of halogens is 1. The molecule has 1 aliphatic heterocycles. The van der Waals surface area contributed by atoms with E-state index in [1.165, 1.54) is 12.1 Å². The number of hydrogen-bond donors (Lipinski definition) is 1. The van der Waals surface area contributed by atoms with Gasteiger partial charge in [-0.25, -0.2) is 4.39 Å². The molecule has 2 aromatic rings. The second kappa shape index (κ2) is 8.12. The molecule has 5 heteroatoms. The summed E-state index contributed by atoms with van der Waals surface area (Å²) in [6, 6.07) is 15.8. The van der Waals surface area contributed by atoms with Crippen molar-refractivity contribution in [1.82, 2.24) is 10.2 Å². The van der Waals surface area contributed by atoms with Gasteiger partial charge in [0.25, 0.3) is 0 Å². The van der Waals surface area contributed by atoms with Crippen LogP contribution in [0.25, 0.3) is 0 Å². The monoisotopic (exact) mass is 342 g/mol. The van der Waals surface area contributed by atoms with Crippen LogP contribution < -0.4 is 10.1 Å². The van der Waals surface area contributed by atoms with E-state index in [2.05, 4.69) is 5.32 Å². The largest absolute Gasteiger partial charge is 0.493 e. The molecule has 1 saturated heterocycles. The van der Waals surface area contributed by atoms with Crippen molar-refractivity contribution in [3.63, 3.8) is 0 Å². The van der Waals surface area contributed by atoms with Crippen LogP contribution in [0.2, 0.25) is 0 Å². The summed E-state index contributed by atoms with van der Waals surface area (Å²) in [5.41, 5.74) is 0.816. The van der Waals surface area contributed by atoms with Crippen molar-refractivity contribution in [3.8, 4) is 5.75 Å². The zero-order valence-electron chi connectivity index (χ0n) is 14.3. The average molecular weight is 342 g/mol. The summed E-state index contributed by atoms with van der Waals surface area (Å²) >= 11 is 0. The van der Waals surface area contributed by atoms with Gasteiger partial charge in [-0.05, 0) is 29.8 Å². The molecule has 25 heavy (non-hydrogen) atoms. The quantitative estimate of drug-likeness (QED) is 0.908. The molecule has 1 amide bonds. The lowest BCUT2D eigenvalue weighted by atomic mass is 10.0. The number of piperazine rings is 1. The van der Waals surface area contributed by atoms with Crippen LogP contribution in [0.4, 0.5) is 4.39 Å². The van der Waals surface area contributed by atoms with Gasteiger partial charge < -0.3 is 15.0 Å². The van der Waals surface area contributed by atoms with Crippen molar-refractivity contribution >= 4 is 5.91 Å². The van der Waals surface area contributed by atoms with Gasteiger partial charge in [0.2, 0.25) is 5.91 Å².